The van der Waals surface area contributed by atoms with Crippen LogP contribution in [0.25, 0.3) is 0 Å². The molecule has 15 heavy (non-hydrogen) atoms. The number of nitrogens with zero attached hydrogens (tertiary/aromatic N) is 1. The molecule has 1 aliphatic rings. The van der Waals surface area contributed by atoms with E-state index in [4.69, 9.17) is 5.73 Å². The molecule has 2 nitrogen and oxygen atoms in total. The Bertz CT molecular complexity index is 189. The first-order chi connectivity index (χ1) is 7.20. The molecule has 1 saturated carbocycles. The molecule has 0 unspecified atom stereocenters. The van der Waals surface area contributed by atoms with Crippen molar-refractivity contribution >= 4 is 5.84 Å². The average molecular weight is 210 g/mol. The summed E-state index contributed by atoms with van der Waals surface area (Å²) in [5.41, 5.74) is 6.07. The largest absolute Gasteiger partial charge is 0.387 e. The van der Waals surface area contributed by atoms with Gasteiger partial charge in [-0.25, -0.2) is 0 Å². The van der Waals surface area contributed by atoms with Gasteiger partial charge in [0, 0.05) is 12.5 Å². The average Bonchev–Trinajstić information content (AvgIpc) is 2.13. The van der Waals surface area contributed by atoms with Crippen LogP contribution in [0.4, 0.5) is 0 Å². The fourth-order valence-electron chi connectivity index (χ4n) is 2.17. The van der Waals surface area contributed by atoms with E-state index < -0.39 is 0 Å². The smallest absolute Gasteiger partial charge is 0.0968 e. The molecule has 0 aliphatic heterocycles. The molecule has 2 N–H and O–H groups in total. The Hall–Kier alpha value is -0.530. The number of aliphatic imine (C=N–C) groups is 1. The Labute approximate surface area is 94.3 Å². The number of amidine groups is 1. The summed E-state index contributed by atoms with van der Waals surface area (Å²) in [7, 11) is 0. The van der Waals surface area contributed by atoms with Crippen LogP contribution in [0, 0.1) is 11.8 Å². The highest BCUT2D eigenvalue weighted by molar-refractivity contribution is 5.82. The fraction of sp³-hybridized carbons (Fsp3) is 0.923. The SMILES string of the molecule is CC(C)CN=C(N)C1CCCCCCC1. The molecule has 0 aromatic carbocycles. The molecule has 0 spiro atoms. The minimum Gasteiger partial charge on any atom is -0.387 e. The van der Waals surface area contributed by atoms with E-state index >= 15 is 0 Å². The monoisotopic (exact) mass is 210 g/mol. The van der Waals surface area contributed by atoms with Gasteiger partial charge in [-0.1, -0.05) is 46.0 Å². The van der Waals surface area contributed by atoms with Crippen LogP contribution in [-0.2, 0) is 0 Å². The summed E-state index contributed by atoms with van der Waals surface area (Å²) in [5, 5.41) is 0. The first-order valence-electron chi connectivity index (χ1n) is 6.50. The highest BCUT2D eigenvalue weighted by Crippen LogP contribution is 2.22. The fourth-order valence-corrected chi connectivity index (χ4v) is 2.17. The third-order valence-electron chi connectivity index (χ3n) is 3.16. The highest BCUT2D eigenvalue weighted by Gasteiger charge is 2.14. The van der Waals surface area contributed by atoms with Gasteiger partial charge in [-0.05, 0) is 18.8 Å². The second kappa shape index (κ2) is 6.86. The molecule has 0 aromatic heterocycles. The lowest BCUT2D eigenvalue weighted by Crippen LogP contribution is -2.25. The van der Waals surface area contributed by atoms with E-state index in [1.807, 2.05) is 0 Å². The van der Waals surface area contributed by atoms with Crippen molar-refractivity contribution in [1.82, 2.24) is 0 Å². The van der Waals surface area contributed by atoms with Crippen LogP contribution in [-0.4, -0.2) is 12.4 Å². The Kier molecular flexibility index (Phi) is 5.74. The molecule has 0 amide bonds. The summed E-state index contributed by atoms with van der Waals surface area (Å²) in [4.78, 5) is 4.51. The summed E-state index contributed by atoms with van der Waals surface area (Å²) in [5.74, 6) is 2.12. The van der Waals surface area contributed by atoms with Crippen LogP contribution in [0.2, 0.25) is 0 Å². The van der Waals surface area contributed by atoms with E-state index in [1.54, 1.807) is 0 Å². The van der Waals surface area contributed by atoms with Gasteiger partial charge in [0.1, 0.15) is 0 Å². The Morgan fingerprint density at radius 3 is 2.20 bits per heavy atom. The zero-order valence-electron chi connectivity index (χ0n) is 10.3. The van der Waals surface area contributed by atoms with Gasteiger partial charge in [0.25, 0.3) is 0 Å². The minimum absolute atomic E-state index is 0.573. The van der Waals surface area contributed by atoms with Gasteiger partial charge in [-0.3, -0.25) is 4.99 Å². The van der Waals surface area contributed by atoms with Crippen molar-refractivity contribution in [2.24, 2.45) is 22.6 Å². The molecule has 1 rings (SSSR count). The van der Waals surface area contributed by atoms with Crippen LogP contribution >= 0.6 is 0 Å². The van der Waals surface area contributed by atoms with Crippen molar-refractivity contribution in [3.05, 3.63) is 0 Å². The third kappa shape index (κ3) is 5.19. The van der Waals surface area contributed by atoms with Gasteiger partial charge >= 0.3 is 0 Å². The molecule has 0 aromatic rings. The molecule has 2 heteroatoms. The van der Waals surface area contributed by atoms with Gasteiger partial charge in [-0.2, -0.15) is 0 Å². The number of nitrogens with two attached hydrogens (primary N) is 1. The molecule has 88 valence electrons. The van der Waals surface area contributed by atoms with Crippen LogP contribution in [0.1, 0.15) is 58.8 Å². The second-order valence-corrected chi connectivity index (χ2v) is 5.20. The normalized spacial score (nSPS) is 21.4. The van der Waals surface area contributed by atoms with Gasteiger partial charge < -0.3 is 5.73 Å². The van der Waals surface area contributed by atoms with E-state index in [0.29, 0.717) is 11.8 Å². The summed E-state index contributed by atoms with van der Waals surface area (Å²) in [6, 6.07) is 0. The summed E-state index contributed by atoms with van der Waals surface area (Å²) < 4.78 is 0. The molecule has 0 saturated heterocycles. The molecule has 1 aliphatic carbocycles. The predicted molar refractivity (Wildman–Crippen MR) is 67.1 cm³/mol. The van der Waals surface area contributed by atoms with Crippen molar-refractivity contribution in [2.45, 2.75) is 58.8 Å². The lowest BCUT2D eigenvalue weighted by Gasteiger charge is -2.19. The second-order valence-electron chi connectivity index (χ2n) is 5.20. The maximum Gasteiger partial charge on any atom is 0.0968 e. The van der Waals surface area contributed by atoms with E-state index in [2.05, 4.69) is 18.8 Å². The van der Waals surface area contributed by atoms with E-state index in [0.717, 1.165) is 12.4 Å². The van der Waals surface area contributed by atoms with Crippen LogP contribution in [0.15, 0.2) is 4.99 Å². The lowest BCUT2D eigenvalue weighted by atomic mass is 9.90. The Morgan fingerprint density at radius 2 is 1.67 bits per heavy atom. The minimum atomic E-state index is 0.573. The van der Waals surface area contributed by atoms with Crippen molar-refractivity contribution in [2.75, 3.05) is 6.54 Å². The molecule has 0 bridgehead atoms. The van der Waals surface area contributed by atoms with Crippen LogP contribution < -0.4 is 5.73 Å². The van der Waals surface area contributed by atoms with Crippen molar-refractivity contribution in [3.8, 4) is 0 Å². The van der Waals surface area contributed by atoms with Crippen molar-refractivity contribution in [1.29, 1.82) is 0 Å². The van der Waals surface area contributed by atoms with Gasteiger partial charge in [0.15, 0.2) is 0 Å². The lowest BCUT2D eigenvalue weighted by molar-refractivity contribution is 0.449. The standard InChI is InChI=1S/C13H26N2/c1-11(2)10-15-13(14)12-8-6-4-3-5-7-9-12/h11-12H,3-10H2,1-2H3,(H2,14,15). The molecule has 0 atom stereocenters. The van der Waals surface area contributed by atoms with E-state index in [1.165, 1.54) is 44.9 Å². The maximum atomic E-state index is 6.07. The van der Waals surface area contributed by atoms with Crippen molar-refractivity contribution in [3.63, 3.8) is 0 Å². The zero-order chi connectivity index (χ0) is 11.1. The molecule has 0 heterocycles. The van der Waals surface area contributed by atoms with Gasteiger partial charge in [0.2, 0.25) is 0 Å². The zero-order valence-corrected chi connectivity index (χ0v) is 10.3. The first-order valence-corrected chi connectivity index (χ1v) is 6.50. The number of rotatable bonds is 3. The first kappa shape index (κ1) is 12.5. The molecular formula is C13H26N2. The Morgan fingerprint density at radius 1 is 1.13 bits per heavy atom. The number of hydrogen-bond acceptors (Lipinski definition) is 1. The van der Waals surface area contributed by atoms with E-state index in [-0.39, 0.29) is 0 Å². The summed E-state index contributed by atoms with van der Waals surface area (Å²) in [6.07, 6.45) is 9.36. The quantitative estimate of drug-likeness (QED) is 0.563. The Balaban J connectivity index is 2.40. The maximum absolute atomic E-state index is 6.07. The summed E-state index contributed by atoms with van der Waals surface area (Å²) >= 11 is 0. The van der Waals surface area contributed by atoms with Gasteiger partial charge in [-0.15, -0.1) is 0 Å². The van der Waals surface area contributed by atoms with Gasteiger partial charge in [0.05, 0.1) is 5.84 Å². The molecule has 1 fully saturated rings. The molecule has 0 radical (unpaired) electrons. The summed E-state index contributed by atoms with van der Waals surface area (Å²) in [6.45, 7) is 5.27. The predicted octanol–water partition coefficient (Wildman–Crippen LogP) is 3.36. The van der Waals surface area contributed by atoms with E-state index in [9.17, 15) is 0 Å². The molecular weight excluding hydrogens is 184 g/mol. The van der Waals surface area contributed by atoms with Crippen molar-refractivity contribution < 1.29 is 0 Å². The number of hydrogen-bond donors (Lipinski definition) is 1. The van der Waals surface area contributed by atoms with Crippen LogP contribution in [0.5, 0.6) is 0 Å². The topological polar surface area (TPSA) is 38.4 Å². The van der Waals surface area contributed by atoms with Crippen LogP contribution in [0.3, 0.4) is 0 Å². The third-order valence-corrected chi connectivity index (χ3v) is 3.16. The highest BCUT2D eigenvalue weighted by atomic mass is 14.9.